The second-order valence-electron chi connectivity index (χ2n) is 9.77. The maximum absolute atomic E-state index is 13.7. The average molecular weight is 571 g/mol. The van der Waals surface area contributed by atoms with E-state index in [1.165, 1.54) is 12.0 Å². The van der Waals surface area contributed by atoms with Gasteiger partial charge >= 0.3 is 0 Å². The molecule has 3 aliphatic rings. The molecule has 2 aromatic rings. The molecule has 2 saturated heterocycles. The van der Waals surface area contributed by atoms with Gasteiger partial charge in [-0.05, 0) is 24.6 Å². The summed E-state index contributed by atoms with van der Waals surface area (Å²) in [6, 6.07) is 11.4. The number of hydrogen-bond donors (Lipinski definition) is 1. The normalized spacial score (nSPS) is 20.5. The summed E-state index contributed by atoms with van der Waals surface area (Å²) in [5.41, 5.74) is 1.16. The number of methoxy groups -OCH3 is 1. The number of allylic oxidation sites excluding steroid dienone is 2. The van der Waals surface area contributed by atoms with E-state index < -0.39 is 0 Å². The number of nitrogens with one attached hydrogen (secondary N) is 1. The molecule has 2 aliphatic heterocycles. The number of piperazine rings is 1. The monoisotopic (exact) mass is 570 g/mol. The van der Waals surface area contributed by atoms with Crippen LogP contribution in [0.5, 0.6) is 0 Å². The fourth-order valence-corrected chi connectivity index (χ4v) is 5.94. The molecule has 1 N–H and O–H groups in total. The number of hydrogen-bond acceptors (Lipinski definition) is 7. The average Bonchev–Trinajstić information content (AvgIpc) is 3.53. The van der Waals surface area contributed by atoms with Crippen molar-refractivity contribution in [2.45, 2.75) is 18.5 Å². The largest absolute Gasteiger partial charge is 0.383 e. The van der Waals surface area contributed by atoms with Crippen molar-refractivity contribution in [2.24, 2.45) is 0 Å². The van der Waals surface area contributed by atoms with E-state index in [1.807, 2.05) is 9.80 Å². The molecule has 2 atom stereocenters. The molecule has 0 saturated carbocycles. The molecule has 0 spiro atoms. The van der Waals surface area contributed by atoms with Gasteiger partial charge in [0, 0.05) is 62.6 Å². The smallest absolute Gasteiger partial charge is 0.254 e. The number of amides is 2. The van der Waals surface area contributed by atoms with Crippen LogP contribution >= 0.6 is 23.2 Å². The summed E-state index contributed by atoms with van der Waals surface area (Å²) in [4.78, 5) is 58.8. The van der Waals surface area contributed by atoms with Gasteiger partial charge in [0.1, 0.15) is 11.4 Å². The topological polar surface area (TPSA) is 99.3 Å². The molecule has 1 aliphatic carbocycles. The highest BCUT2D eigenvalue weighted by Crippen LogP contribution is 2.33. The van der Waals surface area contributed by atoms with Gasteiger partial charge in [0.05, 0.1) is 23.2 Å². The van der Waals surface area contributed by atoms with Crippen molar-refractivity contribution in [1.82, 2.24) is 20.0 Å². The Labute approximate surface area is 236 Å². The summed E-state index contributed by atoms with van der Waals surface area (Å²) in [7, 11) is 3.07. The number of likely N-dealkylation sites (N-methyl/N-ethyl adjacent to an activating group) is 1. The SMILES string of the molecule is CNC1=C(N(CCOC)C(=O)CN2C[C@H]3C[C@H]2CN3C(=O)c2ccc(Cl)c(Cl)c2)C(=O)c2ccccc2C1=O. The molecule has 9 nitrogen and oxygen atoms in total. The second-order valence-corrected chi connectivity index (χ2v) is 10.6. The van der Waals surface area contributed by atoms with Crippen LogP contribution in [0.25, 0.3) is 0 Å². The van der Waals surface area contributed by atoms with Crippen LogP contribution in [0.2, 0.25) is 10.0 Å². The van der Waals surface area contributed by atoms with Gasteiger partial charge in [-0.1, -0.05) is 47.5 Å². The number of fused-ring (bicyclic) bond motifs is 3. The van der Waals surface area contributed by atoms with Gasteiger partial charge in [0.25, 0.3) is 5.91 Å². The van der Waals surface area contributed by atoms with Crippen molar-refractivity contribution >= 4 is 46.6 Å². The Kier molecular flexibility index (Phi) is 7.77. The van der Waals surface area contributed by atoms with Gasteiger partial charge in [0.15, 0.2) is 0 Å². The fourth-order valence-electron chi connectivity index (χ4n) is 5.64. The first-order valence-corrected chi connectivity index (χ1v) is 13.4. The second kappa shape index (κ2) is 11.1. The molecule has 0 radical (unpaired) electrons. The van der Waals surface area contributed by atoms with Crippen LogP contribution in [0, 0.1) is 0 Å². The number of Topliss-reactive ketones (excluding diaryl/α,β-unsaturated/α-hetero) is 2. The summed E-state index contributed by atoms with van der Waals surface area (Å²) in [6.07, 6.45) is 0.744. The van der Waals surface area contributed by atoms with Crippen molar-refractivity contribution < 1.29 is 23.9 Å². The number of ketones is 2. The summed E-state index contributed by atoms with van der Waals surface area (Å²) < 4.78 is 5.22. The minimum Gasteiger partial charge on any atom is -0.383 e. The molecule has 2 amide bonds. The van der Waals surface area contributed by atoms with Gasteiger partial charge in [-0.15, -0.1) is 0 Å². The lowest BCUT2D eigenvalue weighted by Gasteiger charge is -2.36. The van der Waals surface area contributed by atoms with Crippen molar-refractivity contribution in [1.29, 1.82) is 0 Å². The van der Waals surface area contributed by atoms with Crippen LogP contribution in [0.3, 0.4) is 0 Å². The van der Waals surface area contributed by atoms with E-state index in [1.54, 1.807) is 49.5 Å². The van der Waals surface area contributed by atoms with E-state index in [0.717, 1.165) is 6.42 Å². The number of benzene rings is 2. The minimum atomic E-state index is -0.389. The van der Waals surface area contributed by atoms with Gasteiger partial charge in [0.2, 0.25) is 17.5 Å². The van der Waals surface area contributed by atoms with Crippen LogP contribution < -0.4 is 5.32 Å². The number of nitrogens with zero attached hydrogens (tertiary/aromatic N) is 3. The first-order chi connectivity index (χ1) is 18.7. The Hall–Kier alpha value is -3.24. The van der Waals surface area contributed by atoms with Crippen LogP contribution in [0.4, 0.5) is 0 Å². The predicted octanol–water partition coefficient (Wildman–Crippen LogP) is 2.88. The van der Waals surface area contributed by atoms with E-state index >= 15 is 0 Å². The molecule has 0 aromatic heterocycles. The molecule has 0 unspecified atom stereocenters. The van der Waals surface area contributed by atoms with Gasteiger partial charge in [-0.3, -0.25) is 24.1 Å². The Balaban J connectivity index is 1.33. The fraction of sp³-hybridized carbons (Fsp3) is 0.357. The van der Waals surface area contributed by atoms with Gasteiger partial charge in [-0.2, -0.15) is 0 Å². The Morgan fingerprint density at radius 2 is 1.74 bits per heavy atom. The Morgan fingerprint density at radius 1 is 1.03 bits per heavy atom. The van der Waals surface area contributed by atoms with E-state index in [-0.39, 0.29) is 72.1 Å². The number of carbonyl (C=O) groups is 4. The number of likely N-dealkylation sites (tertiary alicyclic amines) is 2. The third kappa shape index (κ3) is 4.96. The first-order valence-electron chi connectivity index (χ1n) is 12.6. The minimum absolute atomic E-state index is 0.00267. The number of rotatable bonds is 8. The van der Waals surface area contributed by atoms with Crippen molar-refractivity contribution in [3.05, 3.63) is 80.6 Å². The predicted molar refractivity (Wildman–Crippen MR) is 146 cm³/mol. The summed E-state index contributed by atoms with van der Waals surface area (Å²) in [5, 5.41) is 3.56. The molecule has 2 fully saturated rings. The van der Waals surface area contributed by atoms with Crippen LogP contribution in [0.15, 0.2) is 53.9 Å². The van der Waals surface area contributed by atoms with E-state index in [9.17, 15) is 19.2 Å². The highest BCUT2D eigenvalue weighted by Gasteiger charge is 2.46. The van der Waals surface area contributed by atoms with Crippen molar-refractivity contribution in [2.75, 3.05) is 46.9 Å². The molecule has 2 heterocycles. The first kappa shape index (κ1) is 27.3. The molecular weight excluding hydrogens is 543 g/mol. The number of ether oxygens (including phenoxy) is 1. The molecule has 2 aromatic carbocycles. The third-order valence-electron chi connectivity index (χ3n) is 7.56. The lowest BCUT2D eigenvalue weighted by Crippen LogP contribution is -2.52. The molecule has 5 rings (SSSR count). The molecule has 2 bridgehead atoms. The highest BCUT2D eigenvalue weighted by atomic mass is 35.5. The number of carbonyl (C=O) groups excluding carboxylic acids is 4. The summed E-state index contributed by atoms with van der Waals surface area (Å²) >= 11 is 12.1. The molecular formula is C28H28Cl2N4O5. The van der Waals surface area contributed by atoms with E-state index in [4.69, 9.17) is 27.9 Å². The Bertz CT molecular complexity index is 1390. The summed E-state index contributed by atoms with van der Waals surface area (Å²) in [6.45, 7) is 1.34. The lowest BCUT2D eigenvalue weighted by atomic mass is 9.89. The van der Waals surface area contributed by atoms with Crippen LogP contribution in [-0.2, 0) is 9.53 Å². The molecule has 204 valence electrons. The zero-order chi connectivity index (χ0) is 27.8. The maximum atomic E-state index is 13.7. The van der Waals surface area contributed by atoms with Crippen LogP contribution in [-0.4, -0.2) is 97.1 Å². The van der Waals surface area contributed by atoms with E-state index in [0.29, 0.717) is 34.3 Å². The molecule has 11 heteroatoms. The highest BCUT2D eigenvalue weighted by molar-refractivity contribution is 6.42. The van der Waals surface area contributed by atoms with Crippen LogP contribution in [0.1, 0.15) is 37.5 Å². The maximum Gasteiger partial charge on any atom is 0.254 e. The zero-order valence-electron chi connectivity index (χ0n) is 21.6. The molecule has 39 heavy (non-hydrogen) atoms. The Morgan fingerprint density at radius 3 is 2.36 bits per heavy atom. The van der Waals surface area contributed by atoms with E-state index in [2.05, 4.69) is 5.32 Å². The third-order valence-corrected chi connectivity index (χ3v) is 8.29. The zero-order valence-corrected chi connectivity index (χ0v) is 23.1. The van der Waals surface area contributed by atoms with Crippen molar-refractivity contribution in [3.63, 3.8) is 0 Å². The quantitative estimate of drug-likeness (QED) is 0.521. The van der Waals surface area contributed by atoms with Gasteiger partial charge < -0.3 is 19.9 Å². The standard InChI is InChI=1S/C28H28Cl2N4O5/c1-31-24-25(27(37)20-6-4-3-5-19(20)26(24)36)33(9-10-39-2)23(35)15-32-13-18-12-17(32)14-34(18)28(38)16-7-8-21(29)22(30)11-16/h3-8,11,17-18,31H,9-10,12-15H2,1-2H3/t17-,18+/m0/s1. The number of halogens is 2. The van der Waals surface area contributed by atoms with Crippen molar-refractivity contribution in [3.8, 4) is 0 Å². The summed E-state index contributed by atoms with van der Waals surface area (Å²) in [5.74, 6) is -1.16. The van der Waals surface area contributed by atoms with Gasteiger partial charge in [-0.25, -0.2) is 0 Å². The lowest BCUT2D eigenvalue weighted by molar-refractivity contribution is -0.131.